The first-order valence-corrected chi connectivity index (χ1v) is 8.57. The van der Waals surface area contributed by atoms with Crippen molar-refractivity contribution in [2.24, 2.45) is 5.73 Å². The first-order chi connectivity index (χ1) is 12.9. The molecule has 0 unspecified atom stereocenters. The number of hydrogen-bond acceptors (Lipinski definition) is 3. The van der Waals surface area contributed by atoms with Crippen molar-refractivity contribution < 1.29 is 9.59 Å². The van der Waals surface area contributed by atoms with Crippen molar-refractivity contribution in [1.82, 2.24) is 4.98 Å². The van der Waals surface area contributed by atoms with E-state index in [2.05, 4.69) is 10.3 Å². The molecule has 0 saturated carbocycles. The van der Waals surface area contributed by atoms with Gasteiger partial charge < -0.3 is 16.0 Å². The predicted octanol–water partition coefficient (Wildman–Crippen LogP) is 3.33. The molecule has 6 nitrogen and oxygen atoms in total. The van der Waals surface area contributed by atoms with Crippen molar-refractivity contribution >= 4 is 28.4 Å². The van der Waals surface area contributed by atoms with E-state index in [1.807, 2.05) is 56.4 Å². The Kier molecular flexibility index (Phi) is 4.95. The second kappa shape index (κ2) is 7.34. The summed E-state index contributed by atoms with van der Waals surface area (Å²) in [6, 6.07) is 11.4. The Balaban J connectivity index is 2.14. The lowest BCUT2D eigenvalue weighted by Gasteiger charge is -2.14. The van der Waals surface area contributed by atoms with Gasteiger partial charge >= 0.3 is 0 Å². The molecule has 6 heteroatoms. The first kappa shape index (κ1) is 18.2. The van der Waals surface area contributed by atoms with Crippen molar-refractivity contribution in [1.29, 1.82) is 5.26 Å². The average molecular weight is 360 g/mol. The molecular formula is C21H20N4O2. The van der Waals surface area contributed by atoms with Crippen LogP contribution in [0.5, 0.6) is 0 Å². The number of nitrogens with zero attached hydrogens (tertiary/aromatic N) is 1. The van der Waals surface area contributed by atoms with E-state index in [4.69, 9.17) is 11.0 Å². The fraction of sp³-hybridized carbons (Fsp3) is 0.190. The summed E-state index contributed by atoms with van der Waals surface area (Å²) in [4.78, 5) is 26.4. The molecule has 4 N–H and O–H groups in total. The topological polar surface area (TPSA) is 112 Å². The van der Waals surface area contributed by atoms with Gasteiger partial charge in [0.2, 0.25) is 11.8 Å². The Bertz CT molecular complexity index is 1090. The normalized spacial score (nSPS) is 10.6. The number of nitrogens with one attached hydrogen (secondary N) is 2. The van der Waals surface area contributed by atoms with Crippen LogP contribution < -0.4 is 11.1 Å². The largest absolute Gasteiger partial charge is 0.369 e. The second-order valence-corrected chi connectivity index (χ2v) is 6.50. The molecule has 0 aliphatic rings. The standard InChI is InChI=1S/C21H20N4O2/c1-12-11-24-21-14(10-18(23)26)6-7-16(20(12)21)15-4-3-5-17(13(15)2)25-19(27)8-9-22/h3-7,11,24H,8,10H2,1-2H3,(H2,23,26)(H,25,27). The Morgan fingerprint density at radius 3 is 2.67 bits per heavy atom. The number of aromatic nitrogens is 1. The van der Waals surface area contributed by atoms with E-state index >= 15 is 0 Å². The number of hydrogen-bond donors (Lipinski definition) is 3. The highest BCUT2D eigenvalue weighted by Gasteiger charge is 2.16. The van der Waals surface area contributed by atoms with Crippen LogP contribution in [0, 0.1) is 25.2 Å². The molecule has 1 heterocycles. The Hall–Kier alpha value is -3.59. The monoisotopic (exact) mass is 360 g/mol. The van der Waals surface area contributed by atoms with Gasteiger partial charge in [0.1, 0.15) is 6.42 Å². The maximum absolute atomic E-state index is 11.8. The number of nitriles is 1. The number of primary amides is 1. The number of aromatic amines is 1. The van der Waals surface area contributed by atoms with Gasteiger partial charge in [-0.25, -0.2) is 0 Å². The van der Waals surface area contributed by atoms with Gasteiger partial charge in [-0.1, -0.05) is 24.3 Å². The minimum Gasteiger partial charge on any atom is -0.369 e. The number of H-pyrrole nitrogens is 1. The molecule has 136 valence electrons. The van der Waals surface area contributed by atoms with Gasteiger partial charge in [-0.2, -0.15) is 5.26 Å². The number of carbonyl (C=O) groups excluding carboxylic acids is 2. The van der Waals surface area contributed by atoms with Crippen LogP contribution in [0.15, 0.2) is 36.5 Å². The van der Waals surface area contributed by atoms with Crippen LogP contribution in [0.4, 0.5) is 5.69 Å². The Morgan fingerprint density at radius 1 is 1.19 bits per heavy atom. The summed E-state index contributed by atoms with van der Waals surface area (Å²) >= 11 is 0. The van der Waals surface area contributed by atoms with Crippen molar-refractivity contribution in [2.45, 2.75) is 26.7 Å². The highest BCUT2D eigenvalue weighted by Crippen LogP contribution is 2.36. The summed E-state index contributed by atoms with van der Waals surface area (Å²) in [6.45, 7) is 3.94. The Morgan fingerprint density at radius 2 is 1.96 bits per heavy atom. The lowest BCUT2D eigenvalue weighted by atomic mass is 9.93. The number of benzene rings is 2. The van der Waals surface area contributed by atoms with Crippen molar-refractivity contribution in [2.75, 3.05) is 5.32 Å². The molecule has 3 rings (SSSR count). The zero-order chi connectivity index (χ0) is 19.6. The molecule has 3 aromatic rings. The molecule has 0 fully saturated rings. The van der Waals surface area contributed by atoms with Crippen LogP contribution in [-0.2, 0) is 16.0 Å². The van der Waals surface area contributed by atoms with E-state index in [-0.39, 0.29) is 24.7 Å². The smallest absolute Gasteiger partial charge is 0.238 e. The predicted molar refractivity (Wildman–Crippen MR) is 105 cm³/mol. The maximum atomic E-state index is 11.8. The van der Waals surface area contributed by atoms with Crippen molar-refractivity contribution in [3.8, 4) is 17.2 Å². The number of rotatable bonds is 5. The van der Waals surface area contributed by atoms with Crippen LogP contribution in [0.25, 0.3) is 22.0 Å². The van der Waals surface area contributed by atoms with Gasteiger partial charge in [-0.3, -0.25) is 9.59 Å². The summed E-state index contributed by atoms with van der Waals surface area (Å²) in [7, 11) is 0. The van der Waals surface area contributed by atoms with Crippen LogP contribution in [0.3, 0.4) is 0 Å². The number of aryl methyl sites for hydroxylation is 1. The fourth-order valence-corrected chi connectivity index (χ4v) is 3.36. The minimum absolute atomic E-state index is 0.167. The summed E-state index contributed by atoms with van der Waals surface area (Å²) in [5.74, 6) is -0.716. The molecule has 0 radical (unpaired) electrons. The number of fused-ring (bicyclic) bond motifs is 1. The number of anilines is 1. The van der Waals surface area contributed by atoms with Crippen LogP contribution >= 0.6 is 0 Å². The number of nitrogens with two attached hydrogens (primary N) is 1. The van der Waals surface area contributed by atoms with Gasteiger partial charge in [0.25, 0.3) is 0 Å². The molecule has 0 aliphatic carbocycles. The Labute approximate surface area is 157 Å². The highest BCUT2D eigenvalue weighted by atomic mass is 16.1. The van der Waals surface area contributed by atoms with E-state index in [9.17, 15) is 9.59 Å². The molecule has 0 bridgehead atoms. The molecule has 0 spiro atoms. The zero-order valence-electron chi connectivity index (χ0n) is 15.2. The molecule has 2 aromatic carbocycles. The molecule has 2 amide bonds. The lowest BCUT2D eigenvalue weighted by molar-refractivity contribution is -0.117. The average Bonchev–Trinajstić information content (AvgIpc) is 3.00. The van der Waals surface area contributed by atoms with Gasteiger partial charge in [-0.05, 0) is 47.7 Å². The van der Waals surface area contributed by atoms with Crippen molar-refractivity contribution in [3.05, 3.63) is 53.2 Å². The first-order valence-electron chi connectivity index (χ1n) is 8.57. The second-order valence-electron chi connectivity index (χ2n) is 6.50. The summed E-state index contributed by atoms with van der Waals surface area (Å²) < 4.78 is 0. The minimum atomic E-state index is -0.380. The van der Waals surface area contributed by atoms with E-state index in [1.54, 1.807) is 0 Å². The lowest BCUT2D eigenvalue weighted by Crippen LogP contribution is -2.14. The fourth-order valence-electron chi connectivity index (χ4n) is 3.36. The van der Waals surface area contributed by atoms with Crippen molar-refractivity contribution in [3.63, 3.8) is 0 Å². The van der Waals surface area contributed by atoms with E-state index in [1.165, 1.54) is 0 Å². The molecular weight excluding hydrogens is 340 g/mol. The van der Waals surface area contributed by atoms with Crippen LogP contribution in [-0.4, -0.2) is 16.8 Å². The zero-order valence-corrected chi connectivity index (χ0v) is 15.2. The quantitative estimate of drug-likeness (QED) is 0.648. The van der Waals surface area contributed by atoms with Gasteiger partial charge in [-0.15, -0.1) is 0 Å². The van der Waals surface area contributed by atoms with E-state index in [0.29, 0.717) is 5.69 Å². The van der Waals surface area contributed by atoms with Gasteiger partial charge in [0.05, 0.1) is 18.0 Å². The van der Waals surface area contributed by atoms with Crippen LogP contribution in [0.2, 0.25) is 0 Å². The highest BCUT2D eigenvalue weighted by molar-refractivity contribution is 6.02. The third-order valence-electron chi connectivity index (χ3n) is 4.62. The summed E-state index contributed by atoms with van der Waals surface area (Å²) in [5.41, 5.74) is 11.7. The maximum Gasteiger partial charge on any atom is 0.238 e. The van der Waals surface area contributed by atoms with Gasteiger partial charge in [0.15, 0.2) is 0 Å². The SMILES string of the molecule is Cc1c(NC(=O)CC#N)cccc1-c1ccc(CC(N)=O)c2[nH]cc(C)c12. The third-order valence-corrected chi connectivity index (χ3v) is 4.62. The van der Waals surface area contributed by atoms with E-state index < -0.39 is 0 Å². The molecule has 0 aliphatic heterocycles. The third kappa shape index (κ3) is 3.53. The molecule has 1 aromatic heterocycles. The number of amides is 2. The molecule has 27 heavy (non-hydrogen) atoms. The summed E-state index contributed by atoms with van der Waals surface area (Å²) in [6.07, 6.45) is 1.89. The van der Waals surface area contributed by atoms with E-state index in [0.717, 1.165) is 38.7 Å². The molecule has 0 saturated heterocycles. The van der Waals surface area contributed by atoms with Crippen LogP contribution in [0.1, 0.15) is 23.1 Å². The molecule has 0 atom stereocenters. The summed E-state index contributed by atoms with van der Waals surface area (Å²) in [5, 5.41) is 12.5. The number of carbonyl (C=O) groups is 2. The van der Waals surface area contributed by atoms with Gasteiger partial charge in [0, 0.05) is 17.3 Å².